The maximum atomic E-state index is 2.45. The van der Waals surface area contributed by atoms with Crippen LogP contribution < -0.4 is 19.6 Å². The van der Waals surface area contributed by atoms with Crippen molar-refractivity contribution in [1.29, 1.82) is 0 Å². The maximum absolute atomic E-state index is 2.45. The number of aromatic nitrogens is 2. The Balaban J connectivity index is 0.976. The third-order valence-electron chi connectivity index (χ3n) is 14.6. The van der Waals surface area contributed by atoms with Gasteiger partial charge in [0, 0.05) is 55.7 Å². The number of nitrogens with zero attached hydrogens (tertiary/aromatic N) is 6. The molecule has 2 aliphatic rings. The Morgan fingerprint density at radius 2 is 0.403 bits per heavy atom. The number of rotatable bonds is 6. The minimum absolute atomic E-state index is 1.10. The second-order valence-corrected chi connectivity index (χ2v) is 18.6. The monoisotopic (exact) mass is 920 g/mol. The van der Waals surface area contributed by atoms with Crippen LogP contribution in [0.5, 0.6) is 0 Å². The standard InChI is InChI=1S/C66H44N6/c1-5-21-45(22-6-1)67-55-39-37-49(71-61-33-17-13-29-57(61)69(47-25-9-3-10-26-47)58-30-14-18-34-62(58)71)41-51(55)53-44-66-54(43-65(53)67)52-42-50(38-40-56(52)68(66)46-23-7-2-8-24-46)72-63-35-19-15-31-59(63)70(48-27-11-4-12-28-48)60-32-16-20-36-64(60)72/h1-44H. The predicted molar refractivity (Wildman–Crippen MR) is 301 cm³/mol. The van der Waals surface area contributed by atoms with E-state index < -0.39 is 0 Å². The van der Waals surface area contributed by atoms with Crippen LogP contribution in [0, 0.1) is 0 Å². The minimum Gasteiger partial charge on any atom is -0.309 e. The van der Waals surface area contributed by atoms with Gasteiger partial charge in [-0.3, -0.25) is 0 Å². The van der Waals surface area contributed by atoms with E-state index >= 15 is 0 Å². The highest BCUT2D eigenvalue weighted by atomic mass is 15.3. The van der Waals surface area contributed by atoms with Crippen LogP contribution in [0.3, 0.4) is 0 Å². The second-order valence-electron chi connectivity index (χ2n) is 18.6. The van der Waals surface area contributed by atoms with E-state index in [1.165, 1.54) is 21.5 Å². The molecule has 15 rings (SSSR count). The van der Waals surface area contributed by atoms with E-state index in [4.69, 9.17) is 0 Å². The Bertz CT molecular complexity index is 3870. The number of benzene rings is 11. The molecule has 0 unspecified atom stereocenters. The molecule has 2 aromatic heterocycles. The first kappa shape index (κ1) is 40.1. The molecule has 72 heavy (non-hydrogen) atoms. The molecule has 0 N–H and O–H groups in total. The number of hydrogen-bond donors (Lipinski definition) is 0. The van der Waals surface area contributed by atoms with Gasteiger partial charge in [-0.05, 0) is 146 Å². The summed E-state index contributed by atoms with van der Waals surface area (Å²) >= 11 is 0. The lowest BCUT2D eigenvalue weighted by Crippen LogP contribution is -2.23. The fourth-order valence-electron chi connectivity index (χ4n) is 11.7. The van der Waals surface area contributed by atoms with Gasteiger partial charge in [-0.2, -0.15) is 0 Å². The molecule has 0 bridgehead atoms. The van der Waals surface area contributed by atoms with Gasteiger partial charge < -0.3 is 28.7 Å². The Hall–Kier alpha value is -9.78. The Morgan fingerprint density at radius 1 is 0.167 bits per heavy atom. The lowest BCUT2D eigenvalue weighted by molar-refractivity contribution is 1.16. The van der Waals surface area contributed by atoms with Crippen molar-refractivity contribution < 1.29 is 0 Å². The minimum atomic E-state index is 1.10. The average molecular weight is 921 g/mol. The highest BCUT2D eigenvalue weighted by molar-refractivity contribution is 6.20. The molecule has 338 valence electrons. The summed E-state index contributed by atoms with van der Waals surface area (Å²) in [5, 5.41) is 4.74. The molecule has 0 amide bonds. The highest BCUT2D eigenvalue weighted by Gasteiger charge is 2.33. The van der Waals surface area contributed by atoms with Crippen LogP contribution >= 0.6 is 0 Å². The number of anilines is 12. The predicted octanol–water partition coefficient (Wildman–Crippen LogP) is 18.4. The molecule has 11 aromatic carbocycles. The summed E-state index contributed by atoms with van der Waals surface area (Å²) in [6.45, 7) is 0. The van der Waals surface area contributed by atoms with Crippen LogP contribution in [0.15, 0.2) is 267 Å². The zero-order chi connectivity index (χ0) is 47.3. The molecule has 4 heterocycles. The molecule has 13 aromatic rings. The van der Waals surface area contributed by atoms with Gasteiger partial charge in [-0.15, -0.1) is 0 Å². The lowest BCUT2D eigenvalue weighted by atomic mass is 10.0. The van der Waals surface area contributed by atoms with E-state index in [9.17, 15) is 0 Å². The Labute approximate surface area is 416 Å². The molecule has 6 nitrogen and oxygen atoms in total. The third-order valence-corrected chi connectivity index (χ3v) is 14.6. The van der Waals surface area contributed by atoms with E-state index in [1.807, 2.05) is 0 Å². The summed E-state index contributed by atoms with van der Waals surface area (Å²) in [6, 6.07) is 97.0. The van der Waals surface area contributed by atoms with Gasteiger partial charge in [0.25, 0.3) is 0 Å². The van der Waals surface area contributed by atoms with Gasteiger partial charge in [0.15, 0.2) is 0 Å². The summed E-state index contributed by atoms with van der Waals surface area (Å²) in [4.78, 5) is 9.64. The summed E-state index contributed by atoms with van der Waals surface area (Å²) in [5.41, 5.74) is 20.3. The van der Waals surface area contributed by atoms with Crippen molar-refractivity contribution in [2.75, 3.05) is 19.6 Å². The van der Waals surface area contributed by atoms with Crippen molar-refractivity contribution in [1.82, 2.24) is 9.13 Å². The summed E-state index contributed by atoms with van der Waals surface area (Å²) in [7, 11) is 0. The van der Waals surface area contributed by atoms with Crippen molar-refractivity contribution in [3.63, 3.8) is 0 Å². The van der Waals surface area contributed by atoms with E-state index in [-0.39, 0.29) is 0 Å². The molecule has 0 saturated heterocycles. The highest BCUT2D eigenvalue weighted by Crippen LogP contribution is 2.56. The van der Waals surface area contributed by atoms with Crippen molar-refractivity contribution in [3.05, 3.63) is 267 Å². The zero-order valence-electron chi connectivity index (χ0n) is 39.1. The van der Waals surface area contributed by atoms with E-state index in [1.54, 1.807) is 0 Å². The fourth-order valence-corrected chi connectivity index (χ4v) is 11.7. The first-order valence-corrected chi connectivity index (χ1v) is 24.6. The second kappa shape index (κ2) is 15.9. The van der Waals surface area contributed by atoms with Gasteiger partial charge in [0.2, 0.25) is 0 Å². The van der Waals surface area contributed by atoms with Crippen LogP contribution in [0.4, 0.5) is 68.2 Å². The Kier molecular flexibility index (Phi) is 8.86. The topological polar surface area (TPSA) is 22.8 Å². The average Bonchev–Trinajstić information content (AvgIpc) is 3.95. The summed E-state index contributed by atoms with van der Waals surface area (Å²) in [6.07, 6.45) is 0. The van der Waals surface area contributed by atoms with Crippen LogP contribution in [0.2, 0.25) is 0 Å². The number of hydrogen-bond acceptors (Lipinski definition) is 4. The third kappa shape index (κ3) is 5.96. The van der Waals surface area contributed by atoms with Crippen molar-refractivity contribution >= 4 is 112 Å². The molecule has 0 saturated carbocycles. The number of fused-ring (bicyclic) bond motifs is 10. The largest absolute Gasteiger partial charge is 0.309 e. The van der Waals surface area contributed by atoms with Gasteiger partial charge in [0.1, 0.15) is 0 Å². The molecule has 0 fully saturated rings. The summed E-state index contributed by atoms with van der Waals surface area (Å²) in [5.74, 6) is 0. The van der Waals surface area contributed by atoms with Gasteiger partial charge in [-0.1, -0.05) is 121 Å². The molecular weight excluding hydrogens is 877 g/mol. The van der Waals surface area contributed by atoms with Crippen molar-refractivity contribution in [2.24, 2.45) is 0 Å². The first-order valence-electron chi connectivity index (χ1n) is 24.6. The zero-order valence-corrected chi connectivity index (χ0v) is 39.1. The first-order chi connectivity index (χ1) is 35.8. The van der Waals surface area contributed by atoms with Crippen LogP contribution in [-0.4, -0.2) is 9.13 Å². The molecule has 0 aliphatic carbocycles. The van der Waals surface area contributed by atoms with Crippen LogP contribution in [-0.2, 0) is 0 Å². The molecule has 6 heteroatoms. The van der Waals surface area contributed by atoms with Crippen molar-refractivity contribution in [2.45, 2.75) is 0 Å². The van der Waals surface area contributed by atoms with Gasteiger partial charge in [0.05, 0.1) is 67.6 Å². The maximum Gasteiger partial charge on any atom is 0.0703 e. The van der Waals surface area contributed by atoms with Crippen LogP contribution in [0.25, 0.3) is 55.0 Å². The molecular formula is C66H44N6. The van der Waals surface area contributed by atoms with E-state index in [0.29, 0.717) is 0 Å². The molecule has 0 spiro atoms. The van der Waals surface area contributed by atoms with E-state index in [2.05, 4.69) is 296 Å². The quantitative estimate of drug-likeness (QED) is 0.166. The molecule has 2 aliphatic heterocycles. The Morgan fingerprint density at radius 3 is 0.694 bits per heavy atom. The smallest absolute Gasteiger partial charge is 0.0703 e. The molecule has 0 radical (unpaired) electrons. The fraction of sp³-hybridized carbons (Fsp3) is 0. The number of para-hydroxylation sites is 12. The lowest BCUT2D eigenvalue weighted by Gasteiger charge is -2.40. The normalized spacial score (nSPS) is 12.9. The molecule has 0 atom stereocenters. The van der Waals surface area contributed by atoms with Crippen molar-refractivity contribution in [3.8, 4) is 11.4 Å². The SMILES string of the molecule is c1ccc(N2c3ccccc3N(c3ccc4c(c3)c3cc5c(cc3n4-c3ccccc3)c3cc(N4c6ccccc6N(c6ccccc6)c6ccccc64)ccc3n5-c3ccccc3)c3ccccc32)cc1. The van der Waals surface area contributed by atoms with Gasteiger partial charge in [-0.25, -0.2) is 0 Å². The van der Waals surface area contributed by atoms with E-state index in [0.717, 1.165) is 102 Å². The van der Waals surface area contributed by atoms with Crippen LogP contribution in [0.1, 0.15) is 0 Å². The van der Waals surface area contributed by atoms with Gasteiger partial charge >= 0.3 is 0 Å². The summed E-state index contributed by atoms with van der Waals surface area (Å²) < 4.78 is 4.90.